The summed E-state index contributed by atoms with van der Waals surface area (Å²) >= 11 is 0. The molecule has 1 aromatic rings. The molecule has 0 saturated heterocycles. The van der Waals surface area contributed by atoms with Crippen molar-refractivity contribution in [2.45, 2.75) is 20.0 Å². The van der Waals surface area contributed by atoms with Crippen molar-refractivity contribution in [1.29, 1.82) is 0 Å². The lowest BCUT2D eigenvalue weighted by Gasteiger charge is -2.26. The SMILES string of the molecule is CCOC(=O)C(=O)N1CCn2ccnc2C1. The highest BCUT2D eigenvalue weighted by molar-refractivity contribution is 6.32. The van der Waals surface area contributed by atoms with E-state index in [1.807, 2.05) is 10.8 Å². The Balaban J connectivity index is 2.03. The molecule has 0 aliphatic carbocycles. The van der Waals surface area contributed by atoms with E-state index in [4.69, 9.17) is 0 Å². The van der Waals surface area contributed by atoms with Gasteiger partial charge in [0.05, 0.1) is 13.2 Å². The Kier molecular flexibility index (Phi) is 2.89. The summed E-state index contributed by atoms with van der Waals surface area (Å²) in [5, 5.41) is 0. The molecule has 0 aromatic carbocycles. The predicted octanol–water partition coefficient (Wildman–Crippen LogP) is -0.212. The molecular formula is C10H13N3O3. The fourth-order valence-corrected chi connectivity index (χ4v) is 1.67. The van der Waals surface area contributed by atoms with E-state index in [1.54, 1.807) is 13.1 Å². The summed E-state index contributed by atoms with van der Waals surface area (Å²) in [6, 6.07) is 0. The number of hydrogen-bond donors (Lipinski definition) is 0. The Morgan fingerprint density at radius 3 is 3.06 bits per heavy atom. The number of nitrogens with zero attached hydrogens (tertiary/aromatic N) is 3. The van der Waals surface area contributed by atoms with E-state index in [2.05, 4.69) is 9.72 Å². The molecule has 0 fully saturated rings. The Bertz CT molecular complexity index is 413. The predicted molar refractivity (Wildman–Crippen MR) is 54.3 cm³/mol. The van der Waals surface area contributed by atoms with Gasteiger partial charge in [-0.3, -0.25) is 4.79 Å². The van der Waals surface area contributed by atoms with Gasteiger partial charge in [0.25, 0.3) is 0 Å². The summed E-state index contributed by atoms with van der Waals surface area (Å²) in [4.78, 5) is 28.5. The molecule has 0 N–H and O–H groups in total. The summed E-state index contributed by atoms with van der Waals surface area (Å²) in [6.07, 6.45) is 3.55. The Morgan fingerprint density at radius 2 is 2.31 bits per heavy atom. The zero-order chi connectivity index (χ0) is 11.5. The third kappa shape index (κ3) is 1.91. The second-order valence-corrected chi connectivity index (χ2v) is 3.48. The Hall–Kier alpha value is -1.85. The quantitative estimate of drug-likeness (QED) is 0.488. The van der Waals surface area contributed by atoms with Crippen molar-refractivity contribution in [3.63, 3.8) is 0 Å². The van der Waals surface area contributed by atoms with Crippen molar-refractivity contribution in [3.05, 3.63) is 18.2 Å². The van der Waals surface area contributed by atoms with Crippen LogP contribution in [0.15, 0.2) is 12.4 Å². The smallest absolute Gasteiger partial charge is 0.397 e. The number of ether oxygens (including phenoxy) is 1. The molecular weight excluding hydrogens is 210 g/mol. The van der Waals surface area contributed by atoms with E-state index in [-0.39, 0.29) is 6.61 Å². The van der Waals surface area contributed by atoms with Crippen LogP contribution >= 0.6 is 0 Å². The van der Waals surface area contributed by atoms with E-state index in [9.17, 15) is 9.59 Å². The van der Waals surface area contributed by atoms with Crippen molar-refractivity contribution in [3.8, 4) is 0 Å². The van der Waals surface area contributed by atoms with E-state index < -0.39 is 11.9 Å². The molecule has 2 heterocycles. The van der Waals surface area contributed by atoms with Crippen molar-refractivity contribution in [2.75, 3.05) is 13.2 Å². The molecule has 0 atom stereocenters. The zero-order valence-corrected chi connectivity index (χ0v) is 9.05. The molecule has 86 valence electrons. The lowest BCUT2D eigenvalue weighted by Crippen LogP contribution is -2.42. The Labute approximate surface area is 92.8 Å². The standard InChI is InChI=1S/C10H13N3O3/c1-2-16-10(15)9(14)13-6-5-12-4-3-11-8(12)7-13/h3-4H,2,5-7H2,1H3. The van der Waals surface area contributed by atoms with Crippen LogP contribution in [0.5, 0.6) is 0 Å². The molecule has 0 bridgehead atoms. The molecule has 0 radical (unpaired) electrons. The third-order valence-electron chi connectivity index (χ3n) is 2.48. The fraction of sp³-hybridized carbons (Fsp3) is 0.500. The average molecular weight is 223 g/mol. The first-order valence-electron chi connectivity index (χ1n) is 5.18. The van der Waals surface area contributed by atoms with E-state index >= 15 is 0 Å². The molecule has 1 aliphatic heterocycles. The van der Waals surface area contributed by atoms with Gasteiger partial charge < -0.3 is 14.2 Å². The Morgan fingerprint density at radius 1 is 1.50 bits per heavy atom. The zero-order valence-electron chi connectivity index (χ0n) is 9.05. The average Bonchev–Trinajstić information content (AvgIpc) is 2.75. The van der Waals surface area contributed by atoms with Crippen LogP contribution in [0, 0.1) is 0 Å². The first-order chi connectivity index (χ1) is 7.72. The number of amides is 1. The van der Waals surface area contributed by atoms with Crippen molar-refractivity contribution >= 4 is 11.9 Å². The maximum Gasteiger partial charge on any atom is 0.397 e. The topological polar surface area (TPSA) is 64.4 Å². The second kappa shape index (κ2) is 4.34. The van der Waals surface area contributed by atoms with Gasteiger partial charge in [-0.05, 0) is 6.92 Å². The van der Waals surface area contributed by atoms with Crippen LogP contribution in [0.3, 0.4) is 0 Å². The van der Waals surface area contributed by atoms with Crippen LogP contribution in [0.25, 0.3) is 0 Å². The minimum absolute atomic E-state index is 0.215. The lowest BCUT2D eigenvalue weighted by molar-refractivity contribution is -0.160. The van der Waals surface area contributed by atoms with Gasteiger partial charge in [-0.1, -0.05) is 0 Å². The molecule has 0 saturated carbocycles. The summed E-state index contributed by atoms with van der Waals surface area (Å²) in [6.45, 7) is 3.44. The number of rotatable bonds is 1. The highest BCUT2D eigenvalue weighted by Gasteiger charge is 2.26. The molecule has 1 aromatic heterocycles. The normalized spacial score (nSPS) is 14.4. The van der Waals surface area contributed by atoms with Crippen molar-refractivity contribution in [2.24, 2.45) is 0 Å². The van der Waals surface area contributed by atoms with E-state index in [0.717, 1.165) is 5.82 Å². The van der Waals surface area contributed by atoms with Gasteiger partial charge >= 0.3 is 11.9 Å². The van der Waals surface area contributed by atoms with Crippen LogP contribution in [-0.4, -0.2) is 39.5 Å². The number of aromatic nitrogens is 2. The second-order valence-electron chi connectivity index (χ2n) is 3.48. The van der Waals surface area contributed by atoms with Gasteiger partial charge in [-0.15, -0.1) is 0 Å². The van der Waals surface area contributed by atoms with E-state index in [1.165, 1.54) is 4.90 Å². The molecule has 16 heavy (non-hydrogen) atoms. The molecule has 1 amide bonds. The molecule has 6 heteroatoms. The summed E-state index contributed by atoms with van der Waals surface area (Å²) in [5.74, 6) is -0.581. The van der Waals surface area contributed by atoms with Gasteiger partial charge in [0.15, 0.2) is 0 Å². The van der Waals surface area contributed by atoms with Crippen LogP contribution in [0.1, 0.15) is 12.7 Å². The van der Waals surface area contributed by atoms with Gasteiger partial charge in [0, 0.05) is 25.5 Å². The number of carbonyl (C=O) groups is 2. The number of fused-ring (bicyclic) bond motifs is 1. The monoisotopic (exact) mass is 223 g/mol. The highest BCUT2D eigenvalue weighted by atomic mass is 16.5. The number of carbonyl (C=O) groups excluding carboxylic acids is 2. The fourth-order valence-electron chi connectivity index (χ4n) is 1.67. The maximum absolute atomic E-state index is 11.6. The molecule has 2 rings (SSSR count). The van der Waals surface area contributed by atoms with Gasteiger partial charge in [0.1, 0.15) is 5.82 Å². The first-order valence-corrected chi connectivity index (χ1v) is 5.18. The molecule has 0 spiro atoms. The van der Waals surface area contributed by atoms with Gasteiger partial charge in [-0.25, -0.2) is 9.78 Å². The van der Waals surface area contributed by atoms with E-state index in [0.29, 0.717) is 19.6 Å². The first kappa shape index (κ1) is 10.7. The van der Waals surface area contributed by atoms with Crippen LogP contribution in [0.4, 0.5) is 0 Å². The van der Waals surface area contributed by atoms with Gasteiger partial charge in [-0.2, -0.15) is 0 Å². The lowest BCUT2D eigenvalue weighted by atomic mass is 10.3. The third-order valence-corrected chi connectivity index (χ3v) is 2.48. The maximum atomic E-state index is 11.6. The minimum Gasteiger partial charge on any atom is -0.459 e. The van der Waals surface area contributed by atoms with Crippen LogP contribution in [-0.2, 0) is 27.4 Å². The molecule has 6 nitrogen and oxygen atoms in total. The largest absolute Gasteiger partial charge is 0.459 e. The highest BCUT2D eigenvalue weighted by Crippen LogP contribution is 2.10. The number of hydrogen-bond acceptors (Lipinski definition) is 4. The summed E-state index contributed by atoms with van der Waals surface area (Å²) in [5.41, 5.74) is 0. The van der Waals surface area contributed by atoms with Crippen molar-refractivity contribution in [1.82, 2.24) is 14.5 Å². The van der Waals surface area contributed by atoms with Crippen LogP contribution in [0.2, 0.25) is 0 Å². The molecule has 1 aliphatic rings. The summed E-state index contributed by atoms with van der Waals surface area (Å²) in [7, 11) is 0. The number of esters is 1. The molecule has 0 unspecified atom stereocenters. The summed E-state index contributed by atoms with van der Waals surface area (Å²) < 4.78 is 6.64. The van der Waals surface area contributed by atoms with Crippen LogP contribution < -0.4 is 0 Å². The number of imidazole rings is 1. The van der Waals surface area contributed by atoms with Gasteiger partial charge in [0.2, 0.25) is 0 Å². The van der Waals surface area contributed by atoms with Crippen molar-refractivity contribution < 1.29 is 14.3 Å². The minimum atomic E-state index is -0.789.